The molecule has 1 rings (SSSR count). The minimum Gasteiger partial charge on any atom is -0.398 e. The molecule has 6 heteroatoms. The van der Waals surface area contributed by atoms with Crippen molar-refractivity contribution in [2.24, 2.45) is 5.92 Å². The van der Waals surface area contributed by atoms with Gasteiger partial charge in [-0.25, -0.2) is 4.39 Å². The van der Waals surface area contributed by atoms with Crippen LogP contribution in [-0.4, -0.2) is 24.4 Å². The molecule has 4 N–H and O–H groups in total. The van der Waals surface area contributed by atoms with Gasteiger partial charge in [0.25, 0.3) is 5.91 Å². The Morgan fingerprint density at radius 1 is 1.30 bits per heavy atom. The Bertz CT molecular complexity index is 503. The third-order valence-electron chi connectivity index (χ3n) is 2.68. The minimum atomic E-state index is -0.689. The lowest BCUT2D eigenvalue weighted by Crippen LogP contribution is -2.45. The Hall–Kier alpha value is -2.11. The number of carbonyl (C=O) groups excluding carboxylic acids is 2. The molecular weight excluding hydrogens is 261 g/mol. The lowest BCUT2D eigenvalue weighted by Gasteiger charge is -2.15. The van der Waals surface area contributed by atoms with Crippen LogP contribution in [0, 0.1) is 11.7 Å². The summed E-state index contributed by atoms with van der Waals surface area (Å²) in [5.41, 5.74) is 5.76. The highest BCUT2D eigenvalue weighted by molar-refractivity contribution is 6.01. The molecule has 0 heterocycles. The molecule has 0 saturated carbocycles. The summed E-state index contributed by atoms with van der Waals surface area (Å²) in [6.45, 7) is 6.07. The van der Waals surface area contributed by atoms with E-state index in [9.17, 15) is 14.0 Å². The van der Waals surface area contributed by atoms with E-state index in [1.165, 1.54) is 6.07 Å². The second kappa shape index (κ2) is 6.88. The fourth-order valence-corrected chi connectivity index (χ4v) is 1.54. The van der Waals surface area contributed by atoms with Crippen molar-refractivity contribution in [3.63, 3.8) is 0 Å². The van der Waals surface area contributed by atoms with Crippen molar-refractivity contribution in [2.45, 2.75) is 26.8 Å². The van der Waals surface area contributed by atoms with Crippen molar-refractivity contribution in [1.29, 1.82) is 0 Å². The van der Waals surface area contributed by atoms with Gasteiger partial charge in [-0.2, -0.15) is 0 Å². The van der Waals surface area contributed by atoms with E-state index in [0.717, 1.165) is 12.1 Å². The number of carbonyl (C=O) groups is 2. The summed E-state index contributed by atoms with van der Waals surface area (Å²) < 4.78 is 12.9. The molecule has 0 aliphatic heterocycles. The Morgan fingerprint density at radius 3 is 2.50 bits per heavy atom. The van der Waals surface area contributed by atoms with Crippen LogP contribution in [0.4, 0.5) is 10.1 Å². The maximum absolute atomic E-state index is 12.9. The molecule has 1 aromatic carbocycles. The molecule has 0 radical (unpaired) electrons. The second-order valence-electron chi connectivity index (χ2n) is 5.07. The summed E-state index contributed by atoms with van der Waals surface area (Å²) in [6.07, 6.45) is 0. The third-order valence-corrected chi connectivity index (χ3v) is 2.68. The number of amides is 2. The summed E-state index contributed by atoms with van der Waals surface area (Å²) in [6, 6.07) is 2.82. The number of nitrogens with one attached hydrogen (secondary N) is 2. The Kier molecular flexibility index (Phi) is 5.49. The van der Waals surface area contributed by atoms with Gasteiger partial charge in [0.1, 0.15) is 11.9 Å². The van der Waals surface area contributed by atoms with Crippen LogP contribution in [-0.2, 0) is 4.79 Å². The van der Waals surface area contributed by atoms with Crippen LogP contribution in [0.1, 0.15) is 31.1 Å². The molecule has 0 aliphatic rings. The van der Waals surface area contributed by atoms with Crippen LogP contribution in [0.15, 0.2) is 18.2 Å². The smallest absolute Gasteiger partial charge is 0.254 e. The lowest BCUT2D eigenvalue weighted by atomic mass is 10.1. The number of halogens is 1. The predicted octanol–water partition coefficient (Wildman–Crippen LogP) is 1.30. The number of anilines is 1. The van der Waals surface area contributed by atoms with Crippen LogP contribution < -0.4 is 16.4 Å². The quantitative estimate of drug-likeness (QED) is 0.711. The minimum absolute atomic E-state index is 0.0392. The van der Waals surface area contributed by atoms with E-state index < -0.39 is 17.8 Å². The highest BCUT2D eigenvalue weighted by atomic mass is 19.1. The number of hydrogen-bond donors (Lipinski definition) is 3. The molecule has 20 heavy (non-hydrogen) atoms. The largest absolute Gasteiger partial charge is 0.398 e. The van der Waals surface area contributed by atoms with Crippen molar-refractivity contribution in [3.05, 3.63) is 29.6 Å². The van der Waals surface area contributed by atoms with Gasteiger partial charge in [-0.3, -0.25) is 9.59 Å². The number of nitrogens with two attached hydrogens (primary N) is 1. The van der Waals surface area contributed by atoms with Crippen LogP contribution in [0.2, 0.25) is 0 Å². The average molecular weight is 281 g/mol. The molecular formula is C14H20FN3O2. The second-order valence-corrected chi connectivity index (χ2v) is 5.07. The lowest BCUT2D eigenvalue weighted by molar-refractivity contribution is -0.122. The van der Waals surface area contributed by atoms with Gasteiger partial charge in [-0.05, 0) is 31.0 Å². The van der Waals surface area contributed by atoms with Gasteiger partial charge in [0.2, 0.25) is 5.91 Å². The first-order chi connectivity index (χ1) is 9.31. The molecule has 2 amide bonds. The number of hydrogen-bond acceptors (Lipinski definition) is 3. The zero-order chi connectivity index (χ0) is 15.3. The van der Waals surface area contributed by atoms with Gasteiger partial charge in [-0.15, -0.1) is 0 Å². The molecule has 110 valence electrons. The van der Waals surface area contributed by atoms with Crippen molar-refractivity contribution in [3.8, 4) is 0 Å². The summed E-state index contributed by atoms with van der Waals surface area (Å²) >= 11 is 0. The van der Waals surface area contributed by atoms with E-state index in [4.69, 9.17) is 5.73 Å². The molecule has 1 atom stereocenters. The normalized spacial score (nSPS) is 12.1. The maximum Gasteiger partial charge on any atom is 0.254 e. The van der Waals surface area contributed by atoms with Crippen molar-refractivity contribution >= 4 is 17.5 Å². The predicted molar refractivity (Wildman–Crippen MR) is 75.6 cm³/mol. The molecule has 5 nitrogen and oxygen atoms in total. The fourth-order valence-electron chi connectivity index (χ4n) is 1.54. The van der Waals surface area contributed by atoms with Crippen LogP contribution >= 0.6 is 0 Å². The van der Waals surface area contributed by atoms with E-state index in [0.29, 0.717) is 12.5 Å². The first kappa shape index (κ1) is 15.9. The van der Waals surface area contributed by atoms with Gasteiger partial charge < -0.3 is 16.4 Å². The standard InChI is InChI=1S/C14H20FN3O2/c1-8(2)7-17-13(19)9(3)18-14(20)11-5-4-10(15)6-12(11)16/h4-6,8-9H,7,16H2,1-3H3,(H,17,19)(H,18,20). The SMILES string of the molecule is CC(C)CNC(=O)C(C)NC(=O)c1ccc(F)cc1N. The molecule has 0 bridgehead atoms. The molecule has 0 saturated heterocycles. The van der Waals surface area contributed by atoms with Crippen molar-refractivity contribution in [1.82, 2.24) is 10.6 Å². The molecule has 1 aromatic rings. The first-order valence-corrected chi connectivity index (χ1v) is 6.45. The zero-order valence-electron chi connectivity index (χ0n) is 11.9. The molecule has 0 fully saturated rings. The van der Waals surface area contributed by atoms with E-state index >= 15 is 0 Å². The van der Waals surface area contributed by atoms with Gasteiger partial charge in [0.05, 0.1) is 5.56 Å². The molecule has 0 spiro atoms. The van der Waals surface area contributed by atoms with Crippen LogP contribution in [0.25, 0.3) is 0 Å². The molecule has 0 aromatic heterocycles. The Morgan fingerprint density at radius 2 is 1.95 bits per heavy atom. The highest BCUT2D eigenvalue weighted by Gasteiger charge is 2.18. The number of nitrogen functional groups attached to an aromatic ring is 1. The van der Waals surface area contributed by atoms with E-state index in [1.54, 1.807) is 6.92 Å². The first-order valence-electron chi connectivity index (χ1n) is 6.45. The summed E-state index contributed by atoms with van der Waals surface area (Å²) in [7, 11) is 0. The monoisotopic (exact) mass is 281 g/mol. The average Bonchev–Trinajstić information content (AvgIpc) is 2.35. The molecule has 0 aliphatic carbocycles. The van der Waals surface area contributed by atoms with Gasteiger partial charge in [0, 0.05) is 12.2 Å². The molecule has 1 unspecified atom stereocenters. The number of benzene rings is 1. The van der Waals surface area contributed by atoms with Gasteiger partial charge >= 0.3 is 0 Å². The van der Waals surface area contributed by atoms with Crippen molar-refractivity contribution in [2.75, 3.05) is 12.3 Å². The highest BCUT2D eigenvalue weighted by Crippen LogP contribution is 2.13. The maximum atomic E-state index is 12.9. The van der Waals surface area contributed by atoms with Crippen molar-refractivity contribution < 1.29 is 14.0 Å². The van der Waals surface area contributed by atoms with Gasteiger partial charge in [-0.1, -0.05) is 13.8 Å². The van der Waals surface area contributed by atoms with Crippen LogP contribution in [0.3, 0.4) is 0 Å². The zero-order valence-corrected chi connectivity index (χ0v) is 11.9. The summed E-state index contributed by atoms with van der Waals surface area (Å²) in [5.74, 6) is -0.959. The van der Waals surface area contributed by atoms with Crippen LogP contribution in [0.5, 0.6) is 0 Å². The van der Waals surface area contributed by atoms with E-state index in [1.807, 2.05) is 13.8 Å². The Labute approximate surface area is 117 Å². The summed E-state index contributed by atoms with van der Waals surface area (Å²) in [4.78, 5) is 23.7. The topological polar surface area (TPSA) is 84.2 Å². The summed E-state index contributed by atoms with van der Waals surface area (Å²) in [5, 5.41) is 5.24. The fraction of sp³-hybridized carbons (Fsp3) is 0.429. The van der Waals surface area contributed by atoms with E-state index in [2.05, 4.69) is 10.6 Å². The Balaban J connectivity index is 2.63. The third kappa shape index (κ3) is 4.53. The van der Waals surface area contributed by atoms with Gasteiger partial charge in [0.15, 0.2) is 0 Å². The van der Waals surface area contributed by atoms with E-state index in [-0.39, 0.29) is 17.2 Å². The number of rotatable bonds is 5.